The molecule has 21 heavy (non-hydrogen) atoms. The van der Waals surface area contributed by atoms with E-state index in [-0.39, 0.29) is 0 Å². The fourth-order valence-electron chi connectivity index (χ4n) is 2.80. The van der Waals surface area contributed by atoms with E-state index in [0.29, 0.717) is 17.9 Å². The van der Waals surface area contributed by atoms with Gasteiger partial charge in [-0.05, 0) is 36.8 Å². The molecule has 0 saturated heterocycles. The lowest BCUT2D eigenvalue weighted by molar-refractivity contribution is 0.436. The van der Waals surface area contributed by atoms with Crippen LogP contribution in [0, 0.1) is 12.8 Å². The van der Waals surface area contributed by atoms with Gasteiger partial charge in [-0.15, -0.1) is 0 Å². The van der Waals surface area contributed by atoms with Crippen LogP contribution in [0.15, 0.2) is 54.6 Å². The topological polar surface area (TPSA) is 12.0 Å². The lowest BCUT2D eigenvalue weighted by atomic mass is 9.88. The van der Waals surface area contributed by atoms with Gasteiger partial charge in [-0.3, -0.25) is 0 Å². The summed E-state index contributed by atoms with van der Waals surface area (Å²) in [5.74, 6) is 1.18. The predicted molar refractivity (Wildman–Crippen MR) is 91.6 cm³/mol. The number of hydrogen-bond donors (Lipinski definition) is 1. The van der Waals surface area contributed by atoms with Gasteiger partial charge in [-0.1, -0.05) is 74.0 Å². The zero-order valence-corrected chi connectivity index (χ0v) is 13.6. The largest absolute Gasteiger partial charge is 0.310 e. The van der Waals surface area contributed by atoms with Crippen molar-refractivity contribution in [1.82, 2.24) is 5.32 Å². The summed E-state index contributed by atoms with van der Waals surface area (Å²) < 4.78 is 0. The molecule has 0 radical (unpaired) electrons. The van der Waals surface area contributed by atoms with Crippen molar-refractivity contribution in [3.05, 3.63) is 71.3 Å². The molecular weight excluding hydrogens is 254 g/mol. The van der Waals surface area contributed by atoms with Crippen molar-refractivity contribution in [3.8, 4) is 0 Å². The smallest absolute Gasteiger partial charge is 0.0292 e. The molecule has 0 spiro atoms. The predicted octanol–water partition coefficient (Wildman–Crippen LogP) is 5.09. The number of nitrogens with one attached hydrogen (secondary N) is 1. The van der Waals surface area contributed by atoms with Crippen LogP contribution in [0.25, 0.3) is 0 Å². The van der Waals surface area contributed by atoms with E-state index < -0.39 is 0 Å². The van der Waals surface area contributed by atoms with Crippen LogP contribution < -0.4 is 5.32 Å². The number of rotatable bonds is 6. The van der Waals surface area contributed by atoms with Crippen molar-refractivity contribution in [1.29, 1.82) is 0 Å². The van der Waals surface area contributed by atoms with Crippen molar-refractivity contribution in [3.63, 3.8) is 0 Å². The van der Waals surface area contributed by atoms with Gasteiger partial charge in [0.25, 0.3) is 0 Å². The third-order valence-electron chi connectivity index (χ3n) is 4.22. The second-order valence-electron chi connectivity index (χ2n) is 6.31. The average molecular weight is 281 g/mol. The molecule has 1 heteroatoms. The highest BCUT2D eigenvalue weighted by Crippen LogP contribution is 2.24. The molecule has 2 atom stereocenters. The quantitative estimate of drug-likeness (QED) is 0.778. The molecule has 0 saturated carbocycles. The molecule has 2 aromatic carbocycles. The molecule has 112 valence electrons. The Morgan fingerprint density at radius 1 is 0.857 bits per heavy atom. The van der Waals surface area contributed by atoms with Crippen molar-refractivity contribution in [2.45, 2.75) is 39.7 Å². The summed E-state index contributed by atoms with van der Waals surface area (Å²) in [5, 5.41) is 3.71. The molecule has 0 amide bonds. The Morgan fingerprint density at radius 2 is 1.52 bits per heavy atom. The molecule has 0 aliphatic rings. The van der Waals surface area contributed by atoms with E-state index in [9.17, 15) is 0 Å². The van der Waals surface area contributed by atoms with Gasteiger partial charge in [0.15, 0.2) is 0 Å². The monoisotopic (exact) mass is 281 g/mol. The first-order chi connectivity index (χ1) is 10.1. The van der Waals surface area contributed by atoms with Crippen LogP contribution in [-0.4, -0.2) is 6.54 Å². The van der Waals surface area contributed by atoms with Crippen LogP contribution >= 0.6 is 0 Å². The van der Waals surface area contributed by atoms with Gasteiger partial charge in [-0.2, -0.15) is 0 Å². The van der Waals surface area contributed by atoms with E-state index in [1.807, 2.05) is 0 Å². The van der Waals surface area contributed by atoms with Crippen LogP contribution in [-0.2, 0) is 0 Å². The Hall–Kier alpha value is -1.60. The summed E-state index contributed by atoms with van der Waals surface area (Å²) in [6.07, 6.45) is 0. The molecule has 0 aromatic heterocycles. The van der Waals surface area contributed by atoms with E-state index >= 15 is 0 Å². The lowest BCUT2D eigenvalue weighted by Gasteiger charge is -2.24. The van der Waals surface area contributed by atoms with Gasteiger partial charge in [0.05, 0.1) is 0 Å². The summed E-state index contributed by atoms with van der Waals surface area (Å²) >= 11 is 0. The summed E-state index contributed by atoms with van der Waals surface area (Å²) in [5.41, 5.74) is 4.12. The van der Waals surface area contributed by atoms with E-state index in [0.717, 1.165) is 6.54 Å². The molecule has 0 fully saturated rings. The second-order valence-corrected chi connectivity index (χ2v) is 6.31. The van der Waals surface area contributed by atoms with Gasteiger partial charge < -0.3 is 5.32 Å². The molecule has 2 rings (SSSR count). The van der Waals surface area contributed by atoms with Gasteiger partial charge in [0, 0.05) is 12.6 Å². The molecule has 2 aromatic rings. The fraction of sp³-hybridized carbons (Fsp3) is 0.400. The second kappa shape index (κ2) is 7.42. The Balaban J connectivity index is 2.02. The molecule has 0 aliphatic heterocycles. The van der Waals surface area contributed by atoms with E-state index in [1.165, 1.54) is 16.7 Å². The highest BCUT2D eigenvalue weighted by atomic mass is 14.9. The third-order valence-corrected chi connectivity index (χ3v) is 4.22. The van der Waals surface area contributed by atoms with Crippen molar-refractivity contribution >= 4 is 0 Å². The minimum atomic E-state index is 0.384. The first kappa shape index (κ1) is 15.8. The lowest BCUT2D eigenvalue weighted by Crippen LogP contribution is -2.27. The van der Waals surface area contributed by atoms with E-state index in [4.69, 9.17) is 0 Å². The maximum atomic E-state index is 3.71. The number of hydrogen-bond acceptors (Lipinski definition) is 1. The molecule has 1 unspecified atom stereocenters. The SMILES string of the molecule is Cc1cccc([C@@H](C)NCC(c2ccccc2)C(C)C)c1. The van der Waals surface area contributed by atoms with Gasteiger partial charge in [0.1, 0.15) is 0 Å². The first-order valence-corrected chi connectivity index (χ1v) is 7.93. The van der Waals surface area contributed by atoms with Gasteiger partial charge in [0.2, 0.25) is 0 Å². The first-order valence-electron chi connectivity index (χ1n) is 7.93. The zero-order valence-electron chi connectivity index (χ0n) is 13.6. The number of aryl methyl sites for hydroxylation is 1. The summed E-state index contributed by atoms with van der Waals surface area (Å²) in [4.78, 5) is 0. The minimum absolute atomic E-state index is 0.384. The molecule has 1 nitrogen and oxygen atoms in total. The minimum Gasteiger partial charge on any atom is -0.310 e. The summed E-state index contributed by atoms with van der Waals surface area (Å²) in [7, 11) is 0. The van der Waals surface area contributed by atoms with Crippen LogP contribution in [0.2, 0.25) is 0 Å². The molecule has 0 heterocycles. The molecule has 0 aliphatic carbocycles. The zero-order chi connectivity index (χ0) is 15.2. The highest BCUT2D eigenvalue weighted by Gasteiger charge is 2.16. The normalized spacial score (nSPS) is 14.1. The summed E-state index contributed by atoms with van der Waals surface area (Å²) in [6, 6.07) is 20.0. The third kappa shape index (κ3) is 4.44. The summed E-state index contributed by atoms with van der Waals surface area (Å²) in [6.45, 7) is 10.0. The van der Waals surface area contributed by atoms with Crippen molar-refractivity contribution in [2.24, 2.45) is 5.92 Å². The fourth-order valence-corrected chi connectivity index (χ4v) is 2.80. The maximum absolute atomic E-state index is 3.71. The molecular formula is C20H27N. The van der Waals surface area contributed by atoms with Crippen molar-refractivity contribution < 1.29 is 0 Å². The molecule has 0 bridgehead atoms. The maximum Gasteiger partial charge on any atom is 0.0292 e. The van der Waals surface area contributed by atoms with Crippen LogP contribution in [0.1, 0.15) is 49.4 Å². The van der Waals surface area contributed by atoms with E-state index in [1.54, 1.807) is 0 Å². The number of benzene rings is 2. The van der Waals surface area contributed by atoms with Gasteiger partial charge >= 0.3 is 0 Å². The Bertz CT molecular complexity index is 545. The van der Waals surface area contributed by atoms with Crippen LogP contribution in [0.5, 0.6) is 0 Å². The Morgan fingerprint density at radius 3 is 2.14 bits per heavy atom. The Kier molecular flexibility index (Phi) is 5.58. The standard InChI is InChI=1S/C20H27N/c1-15(2)20(18-10-6-5-7-11-18)14-21-17(4)19-12-8-9-16(3)13-19/h5-13,15,17,20-21H,14H2,1-4H3/t17-,20?/m1/s1. The van der Waals surface area contributed by atoms with Crippen molar-refractivity contribution in [2.75, 3.05) is 6.54 Å². The van der Waals surface area contributed by atoms with E-state index in [2.05, 4.69) is 87.6 Å². The van der Waals surface area contributed by atoms with Crippen LogP contribution in [0.3, 0.4) is 0 Å². The van der Waals surface area contributed by atoms with Crippen LogP contribution in [0.4, 0.5) is 0 Å². The van der Waals surface area contributed by atoms with Gasteiger partial charge in [-0.25, -0.2) is 0 Å². The Labute approximate surface area is 129 Å². The average Bonchev–Trinajstić information content (AvgIpc) is 2.48. The molecule has 1 N–H and O–H groups in total. The highest BCUT2D eigenvalue weighted by molar-refractivity contribution is 5.25.